The van der Waals surface area contributed by atoms with Crippen LogP contribution in [0.1, 0.15) is 0 Å². The molecule has 2 aromatic rings. The van der Waals surface area contributed by atoms with Gasteiger partial charge < -0.3 is 5.73 Å². The first kappa shape index (κ1) is 12.1. The van der Waals surface area contributed by atoms with Crippen molar-refractivity contribution in [2.24, 2.45) is 0 Å². The summed E-state index contributed by atoms with van der Waals surface area (Å²) in [5.74, 6) is -1.18. The second-order valence-electron chi connectivity index (χ2n) is 3.45. The number of nitrogens with two attached hydrogens (primary N) is 1. The molecular weight excluding hydrogens is 267 g/mol. The van der Waals surface area contributed by atoms with Gasteiger partial charge >= 0.3 is 0 Å². The van der Waals surface area contributed by atoms with Crippen molar-refractivity contribution in [1.82, 2.24) is 0 Å². The van der Waals surface area contributed by atoms with Gasteiger partial charge in [-0.05, 0) is 24.3 Å². The van der Waals surface area contributed by atoms with Crippen LogP contribution in [0.5, 0.6) is 0 Å². The van der Waals surface area contributed by atoms with Crippen molar-refractivity contribution in [2.45, 2.75) is 0 Å². The van der Waals surface area contributed by atoms with Gasteiger partial charge in [0, 0.05) is 11.1 Å². The van der Waals surface area contributed by atoms with E-state index in [0.717, 1.165) is 12.1 Å². The number of hydrogen-bond donors (Lipinski definition) is 1. The topological polar surface area (TPSA) is 26.0 Å². The summed E-state index contributed by atoms with van der Waals surface area (Å²) in [5.41, 5.74) is 5.99. The normalized spacial score (nSPS) is 10.6. The molecule has 0 saturated heterocycles. The fourth-order valence-electron chi connectivity index (χ4n) is 1.55. The van der Waals surface area contributed by atoms with Gasteiger partial charge in [0.1, 0.15) is 11.6 Å². The Kier molecular flexibility index (Phi) is 3.22. The summed E-state index contributed by atoms with van der Waals surface area (Å²) < 4.78 is 26.9. The highest BCUT2D eigenvalue weighted by Crippen LogP contribution is 2.37. The first-order valence-corrected chi connectivity index (χ1v) is 5.45. The maximum atomic E-state index is 13.7. The number of nitrogen functional groups attached to an aromatic ring is 1. The highest BCUT2D eigenvalue weighted by molar-refractivity contribution is 6.35. The summed E-state index contributed by atoms with van der Waals surface area (Å²) in [5, 5.41) is 0.178. The second kappa shape index (κ2) is 4.51. The Bertz CT molecular complexity index is 565. The zero-order chi connectivity index (χ0) is 12.6. The molecule has 2 aromatic carbocycles. The van der Waals surface area contributed by atoms with Gasteiger partial charge in [0.2, 0.25) is 0 Å². The van der Waals surface area contributed by atoms with Crippen LogP contribution in [0.25, 0.3) is 11.1 Å². The van der Waals surface area contributed by atoms with Gasteiger partial charge in [0.05, 0.1) is 15.7 Å². The largest absolute Gasteiger partial charge is 0.397 e. The Morgan fingerprint density at radius 1 is 1.00 bits per heavy atom. The highest BCUT2D eigenvalue weighted by Gasteiger charge is 2.15. The van der Waals surface area contributed by atoms with E-state index < -0.39 is 11.6 Å². The molecule has 0 atom stereocenters. The maximum absolute atomic E-state index is 13.7. The minimum Gasteiger partial charge on any atom is -0.397 e. The van der Waals surface area contributed by atoms with Crippen molar-refractivity contribution in [2.75, 3.05) is 5.73 Å². The number of halogens is 4. The molecule has 0 amide bonds. The lowest BCUT2D eigenvalue weighted by Crippen LogP contribution is -1.95. The fraction of sp³-hybridized carbons (Fsp3) is 0. The average molecular weight is 274 g/mol. The van der Waals surface area contributed by atoms with Gasteiger partial charge in [-0.1, -0.05) is 29.3 Å². The van der Waals surface area contributed by atoms with Crippen LogP contribution in [-0.4, -0.2) is 0 Å². The Balaban J connectivity index is 2.77. The lowest BCUT2D eigenvalue weighted by molar-refractivity contribution is 0.625. The van der Waals surface area contributed by atoms with E-state index in [2.05, 4.69) is 0 Å². The van der Waals surface area contributed by atoms with Gasteiger partial charge in [-0.2, -0.15) is 0 Å². The molecule has 1 nitrogen and oxygen atoms in total. The van der Waals surface area contributed by atoms with Crippen LogP contribution in [0.3, 0.4) is 0 Å². The van der Waals surface area contributed by atoms with E-state index in [1.54, 1.807) is 0 Å². The highest BCUT2D eigenvalue weighted by atomic mass is 35.5. The molecule has 0 aromatic heterocycles. The zero-order valence-corrected chi connectivity index (χ0v) is 9.99. The maximum Gasteiger partial charge on any atom is 0.132 e. The molecule has 0 radical (unpaired) electrons. The summed E-state index contributed by atoms with van der Waals surface area (Å²) in [7, 11) is 0. The van der Waals surface area contributed by atoms with E-state index in [4.69, 9.17) is 28.9 Å². The van der Waals surface area contributed by atoms with Crippen molar-refractivity contribution in [3.05, 3.63) is 52.0 Å². The van der Waals surface area contributed by atoms with Crippen molar-refractivity contribution >= 4 is 28.9 Å². The Labute approximate surface area is 107 Å². The first-order chi connectivity index (χ1) is 8.00. The molecule has 2 N–H and O–H groups in total. The summed E-state index contributed by atoms with van der Waals surface area (Å²) in [6.45, 7) is 0. The molecule has 0 aliphatic carbocycles. The monoisotopic (exact) mass is 273 g/mol. The standard InChI is InChI=1S/C12H7Cl2F2N/c13-8-2-1-3-10(16)11(8)7-4-6(15)5-9(14)12(7)17/h1-5H,17H2. The molecule has 88 valence electrons. The van der Waals surface area contributed by atoms with E-state index in [9.17, 15) is 8.78 Å². The minimum atomic E-state index is -0.599. The van der Waals surface area contributed by atoms with Crippen molar-refractivity contribution in [3.8, 4) is 11.1 Å². The molecule has 0 spiro atoms. The fourth-order valence-corrected chi connectivity index (χ4v) is 2.02. The van der Waals surface area contributed by atoms with Crippen LogP contribution in [0.15, 0.2) is 30.3 Å². The number of hydrogen-bond acceptors (Lipinski definition) is 1. The van der Waals surface area contributed by atoms with Gasteiger partial charge in [-0.15, -0.1) is 0 Å². The lowest BCUT2D eigenvalue weighted by Gasteiger charge is -2.10. The Morgan fingerprint density at radius 2 is 1.71 bits per heavy atom. The first-order valence-electron chi connectivity index (χ1n) is 4.69. The molecule has 0 saturated carbocycles. The van der Waals surface area contributed by atoms with Crippen LogP contribution in [0.4, 0.5) is 14.5 Å². The Hall–Kier alpha value is -1.32. The van der Waals surface area contributed by atoms with Crippen LogP contribution >= 0.6 is 23.2 Å². The van der Waals surface area contributed by atoms with Crippen LogP contribution < -0.4 is 5.73 Å². The van der Waals surface area contributed by atoms with Crippen molar-refractivity contribution < 1.29 is 8.78 Å². The summed E-state index contributed by atoms with van der Waals surface area (Å²) in [6.07, 6.45) is 0. The third-order valence-corrected chi connectivity index (χ3v) is 2.95. The molecule has 0 aliphatic heterocycles. The molecule has 0 bridgehead atoms. The quantitative estimate of drug-likeness (QED) is 0.760. The van der Waals surface area contributed by atoms with Gasteiger partial charge in [-0.25, -0.2) is 8.78 Å². The Morgan fingerprint density at radius 3 is 2.35 bits per heavy atom. The van der Waals surface area contributed by atoms with Crippen LogP contribution in [0.2, 0.25) is 10.0 Å². The van der Waals surface area contributed by atoms with Gasteiger partial charge in [0.15, 0.2) is 0 Å². The van der Waals surface area contributed by atoms with Crippen LogP contribution in [-0.2, 0) is 0 Å². The van der Waals surface area contributed by atoms with Gasteiger partial charge in [-0.3, -0.25) is 0 Å². The van der Waals surface area contributed by atoms with Crippen molar-refractivity contribution in [3.63, 3.8) is 0 Å². The summed E-state index contributed by atoms with van der Waals surface area (Å²) in [4.78, 5) is 0. The molecule has 2 rings (SSSR count). The van der Waals surface area contributed by atoms with E-state index in [-0.39, 0.29) is 26.9 Å². The van der Waals surface area contributed by atoms with Crippen LogP contribution in [0, 0.1) is 11.6 Å². The zero-order valence-electron chi connectivity index (χ0n) is 8.48. The summed E-state index contributed by atoms with van der Waals surface area (Å²) >= 11 is 11.6. The molecule has 0 heterocycles. The molecule has 0 aliphatic rings. The summed E-state index contributed by atoms with van der Waals surface area (Å²) in [6, 6.07) is 6.34. The van der Waals surface area contributed by atoms with Gasteiger partial charge in [0.25, 0.3) is 0 Å². The third-order valence-electron chi connectivity index (χ3n) is 2.33. The number of rotatable bonds is 1. The lowest BCUT2D eigenvalue weighted by atomic mass is 10.0. The van der Waals surface area contributed by atoms with E-state index in [1.807, 2.05) is 0 Å². The van der Waals surface area contributed by atoms with Crippen molar-refractivity contribution in [1.29, 1.82) is 0 Å². The molecule has 0 unspecified atom stereocenters. The molecular formula is C12H7Cl2F2N. The second-order valence-corrected chi connectivity index (χ2v) is 4.26. The van der Waals surface area contributed by atoms with E-state index in [1.165, 1.54) is 18.2 Å². The minimum absolute atomic E-state index is 0.0271. The SMILES string of the molecule is Nc1c(Cl)cc(F)cc1-c1c(F)cccc1Cl. The number of anilines is 1. The molecule has 17 heavy (non-hydrogen) atoms. The number of benzene rings is 2. The smallest absolute Gasteiger partial charge is 0.132 e. The predicted molar refractivity (Wildman–Crippen MR) is 66.2 cm³/mol. The van der Waals surface area contributed by atoms with E-state index >= 15 is 0 Å². The third kappa shape index (κ3) is 2.21. The van der Waals surface area contributed by atoms with E-state index in [0.29, 0.717) is 0 Å². The predicted octanol–water partition coefficient (Wildman–Crippen LogP) is 4.52. The average Bonchev–Trinajstić information content (AvgIpc) is 2.24. The molecule has 5 heteroatoms. The molecule has 0 fully saturated rings.